The minimum atomic E-state index is -0.955. The van der Waals surface area contributed by atoms with Gasteiger partial charge in [-0.25, -0.2) is 4.79 Å². The zero-order valence-corrected chi connectivity index (χ0v) is 15.8. The molecule has 28 heavy (non-hydrogen) atoms. The maximum atomic E-state index is 11.4. The van der Waals surface area contributed by atoms with E-state index in [9.17, 15) is 9.90 Å². The molecule has 0 saturated carbocycles. The molecule has 0 aliphatic carbocycles. The van der Waals surface area contributed by atoms with E-state index in [0.717, 1.165) is 13.0 Å². The molecule has 0 spiro atoms. The second-order valence-corrected chi connectivity index (χ2v) is 6.97. The van der Waals surface area contributed by atoms with Crippen LogP contribution in [0.4, 0.5) is 5.69 Å². The van der Waals surface area contributed by atoms with Crippen molar-refractivity contribution in [3.63, 3.8) is 0 Å². The average molecular weight is 373 g/mol. The maximum absolute atomic E-state index is 11.4. The third-order valence-electron chi connectivity index (χ3n) is 5.31. The molecule has 3 N–H and O–H groups in total. The van der Waals surface area contributed by atoms with Gasteiger partial charge in [0.05, 0.1) is 23.5 Å². The molecule has 5 nitrogen and oxygen atoms in total. The number of carboxylic acid groups (broad SMARTS) is 1. The number of hydrogen-bond donors (Lipinski definition) is 3. The molecule has 0 amide bonds. The summed E-state index contributed by atoms with van der Waals surface area (Å²) in [5.74, 6) is -0.955. The van der Waals surface area contributed by atoms with Crippen molar-refractivity contribution in [3.8, 4) is 11.1 Å². The monoisotopic (exact) mass is 373 g/mol. The molecule has 4 rings (SSSR count). The van der Waals surface area contributed by atoms with Crippen LogP contribution in [0.15, 0.2) is 60.9 Å². The van der Waals surface area contributed by atoms with Crippen LogP contribution in [0, 0.1) is 0 Å². The number of carboxylic acids is 1. The molecule has 1 atom stereocenters. The molecular formula is C23H23N3O2. The van der Waals surface area contributed by atoms with Crippen molar-refractivity contribution >= 4 is 11.7 Å². The van der Waals surface area contributed by atoms with E-state index < -0.39 is 5.97 Å². The van der Waals surface area contributed by atoms with Gasteiger partial charge in [-0.15, -0.1) is 0 Å². The third kappa shape index (κ3) is 3.49. The number of fused-ring (bicyclic) bond motifs is 1. The summed E-state index contributed by atoms with van der Waals surface area (Å²) in [6.07, 6.45) is 4.06. The number of pyridine rings is 1. The Hall–Kier alpha value is -3.18. The predicted molar refractivity (Wildman–Crippen MR) is 111 cm³/mol. The lowest BCUT2D eigenvalue weighted by molar-refractivity contribution is 0.0698. The molecule has 142 valence electrons. The number of nitrogens with one attached hydrogen (secondary N) is 2. The van der Waals surface area contributed by atoms with E-state index in [1.54, 1.807) is 6.20 Å². The number of nitrogens with zero attached hydrogens (tertiary/aromatic N) is 1. The van der Waals surface area contributed by atoms with E-state index >= 15 is 0 Å². The average Bonchev–Trinajstić information content (AvgIpc) is 3.14. The van der Waals surface area contributed by atoms with Crippen LogP contribution in [0.25, 0.3) is 11.1 Å². The van der Waals surface area contributed by atoms with Crippen molar-refractivity contribution in [2.75, 3.05) is 11.9 Å². The van der Waals surface area contributed by atoms with Gasteiger partial charge >= 0.3 is 5.97 Å². The number of hydrogen-bond acceptors (Lipinski definition) is 4. The Bertz CT molecular complexity index is 1020. The van der Waals surface area contributed by atoms with Gasteiger partial charge in [0.25, 0.3) is 0 Å². The standard InChI is InChI=1S/C23H23N3O2/c1-2-15-5-3-4-6-18(15)16-7-8-19-17(11-16)12-25-22(19)14-26-21-13-24-10-9-20(21)23(27)28/h3-11,13,22,25-26H,2,12,14H2,1H3,(H,27,28)/t22-/m1/s1. The first-order valence-electron chi connectivity index (χ1n) is 9.53. The van der Waals surface area contributed by atoms with Crippen molar-refractivity contribution in [1.29, 1.82) is 0 Å². The molecule has 2 heterocycles. The molecule has 0 bridgehead atoms. The highest BCUT2D eigenvalue weighted by molar-refractivity contribution is 5.93. The number of aromatic carboxylic acids is 1. The van der Waals surface area contributed by atoms with Gasteiger partial charge in [0.1, 0.15) is 0 Å². The van der Waals surface area contributed by atoms with Crippen LogP contribution in [-0.2, 0) is 13.0 Å². The maximum Gasteiger partial charge on any atom is 0.337 e. The molecule has 1 aromatic heterocycles. The van der Waals surface area contributed by atoms with Gasteiger partial charge in [0.2, 0.25) is 0 Å². The van der Waals surface area contributed by atoms with E-state index in [4.69, 9.17) is 0 Å². The number of anilines is 1. The Kier molecular flexibility index (Phi) is 5.08. The van der Waals surface area contributed by atoms with E-state index in [-0.39, 0.29) is 11.6 Å². The predicted octanol–water partition coefficient (Wildman–Crippen LogP) is 4.27. The van der Waals surface area contributed by atoms with Gasteiger partial charge in [-0.05, 0) is 46.4 Å². The fourth-order valence-corrected chi connectivity index (χ4v) is 3.84. The molecule has 0 fully saturated rings. The highest BCUT2D eigenvalue weighted by Crippen LogP contribution is 2.32. The van der Waals surface area contributed by atoms with Crippen LogP contribution < -0.4 is 10.6 Å². The van der Waals surface area contributed by atoms with Gasteiger partial charge in [-0.3, -0.25) is 4.98 Å². The van der Waals surface area contributed by atoms with E-state index in [1.807, 2.05) is 0 Å². The van der Waals surface area contributed by atoms with Gasteiger partial charge in [0, 0.05) is 19.3 Å². The van der Waals surface area contributed by atoms with Crippen molar-refractivity contribution in [1.82, 2.24) is 10.3 Å². The summed E-state index contributed by atoms with van der Waals surface area (Å²) in [6.45, 7) is 3.59. The summed E-state index contributed by atoms with van der Waals surface area (Å²) in [4.78, 5) is 15.4. The van der Waals surface area contributed by atoms with Gasteiger partial charge in [0.15, 0.2) is 0 Å². The molecule has 0 saturated heterocycles. The topological polar surface area (TPSA) is 74.2 Å². The number of carbonyl (C=O) groups is 1. The normalized spacial score (nSPS) is 15.2. The zero-order chi connectivity index (χ0) is 19.5. The molecule has 0 unspecified atom stereocenters. The van der Waals surface area contributed by atoms with Crippen molar-refractivity contribution < 1.29 is 9.90 Å². The van der Waals surface area contributed by atoms with Crippen LogP contribution in [0.3, 0.4) is 0 Å². The summed E-state index contributed by atoms with van der Waals surface area (Å²) in [5, 5.41) is 16.1. The SMILES string of the molecule is CCc1ccccc1-c1ccc2c(c1)CN[C@@H]2CNc1cnccc1C(=O)O. The summed E-state index contributed by atoms with van der Waals surface area (Å²) >= 11 is 0. The van der Waals surface area contributed by atoms with Gasteiger partial charge in [-0.1, -0.05) is 43.3 Å². The molecule has 1 aliphatic rings. The molecule has 1 aliphatic heterocycles. The Morgan fingerprint density at radius 3 is 2.93 bits per heavy atom. The Labute approximate surface area is 164 Å². The number of benzene rings is 2. The zero-order valence-electron chi connectivity index (χ0n) is 15.8. The minimum Gasteiger partial charge on any atom is -0.478 e. The van der Waals surface area contributed by atoms with Crippen molar-refractivity contribution in [2.24, 2.45) is 0 Å². The first-order valence-corrected chi connectivity index (χ1v) is 9.53. The summed E-state index contributed by atoms with van der Waals surface area (Å²) in [7, 11) is 0. The fourth-order valence-electron chi connectivity index (χ4n) is 3.84. The Morgan fingerprint density at radius 2 is 2.11 bits per heavy atom. The highest BCUT2D eigenvalue weighted by Gasteiger charge is 2.23. The number of aryl methyl sites for hydroxylation is 1. The lowest BCUT2D eigenvalue weighted by Crippen LogP contribution is -2.22. The van der Waals surface area contributed by atoms with Crippen LogP contribution in [-0.4, -0.2) is 22.6 Å². The van der Waals surface area contributed by atoms with E-state index in [1.165, 1.54) is 40.1 Å². The van der Waals surface area contributed by atoms with Crippen LogP contribution in [0.5, 0.6) is 0 Å². The highest BCUT2D eigenvalue weighted by atomic mass is 16.4. The minimum absolute atomic E-state index is 0.132. The van der Waals surface area contributed by atoms with Crippen LogP contribution in [0.1, 0.15) is 40.0 Å². The number of aromatic nitrogens is 1. The molecule has 5 heteroatoms. The quantitative estimate of drug-likeness (QED) is 0.602. The largest absolute Gasteiger partial charge is 0.478 e. The van der Waals surface area contributed by atoms with Gasteiger partial charge in [-0.2, -0.15) is 0 Å². The third-order valence-corrected chi connectivity index (χ3v) is 5.31. The Balaban J connectivity index is 1.54. The molecule has 0 radical (unpaired) electrons. The second kappa shape index (κ2) is 7.82. The second-order valence-electron chi connectivity index (χ2n) is 6.97. The number of rotatable bonds is 6. The molecule has 3 aromatic rings. The lowest BCUT2D eigenvalue weighted by Gasteiger charge is -2.16. The van der Waals surface area contributed by atoms with E-state index in [0.29, 0.717) is 12.2 Å². The van der Waals surface area contributed by atoms with Crippen molar-refractivity contribution in [2.45, 2.75) is 25.9 Å². The fraction of sp³-hybridized carbons (Fsp3) is 0.217. The molecular weight excluding hydrogens is 350 g/mol. The molecule has 2 aromatic carbocycles. The first-order chi connectivity index (χ1) is 13.7. The smallest absolute Gasteiger partial charge is 0.337 e. The lowest BCUT2D eigenvalue weighted by atomic mass is 9.94. The Morgan fingerprint density at radius 1 is 1.25 bits per heavy atom. The van der Waals surface area contributed by atoms with Crippen molar-refractivity contribution in [3.05, 3.63) is 83.2 Å². The first kappa shape index (κ1) is 18.2. The van der Waals surface area contributed by atoms with Crippen LogP contribution >= 0.6 is 0 Å². The summed E-state index contributed by atoms with van der Waals surface area (Å²) in [5.41, 5.74) is 7.21. The summed E-state index contributed by atoms with van der Waals surface area (Å²) < 4.78 is 0. The summed E-state index contributed by atoms with van der Waals surface area (Å²) in [6, 6.07) is 16.8. The van der Waals surface area contributed by atoms with Crippen LogP contribution in [0.2, 0.25) is 0 Å². The van der Waals surface area contributed by atoms with E-state index in [2.05, 4.69) is 65.0 Å². The van der Waals surface area contributed by atoms with Gasteiger partial charge < -0.3 is 15.7 Å².